The summed E-state index contributed by atoms with van der Waals surface area (Å²) in [6.07, 6.45) is 1.86. The van der Waals surface area contributed by atoms with Gasteiger partial charge in [0.05, 0.1) is 22.0 Å². The second kappa shape index (κ2) is 10.9. The number of para-hydroxylation sites is 1. The number of halogens is 2. The topological polar surface area (TPSA) is 79.3 Å². The lowest BCUT2D eigenvalue weighted by atomic mass is 9.73. The summed E-state index contributed by atoms with van der Waals surface area (Å²) in [6.45, 7) is 6.33. The fraction of sp³-hybridized carbons (Fsp3) is 0.250. The van der Waals surface area contributed by atoms with E-state index in [0.717, 1.165) is 55.8 Å². The van der Waals surface area contributed by atoms with Crippen molar-refractivity contribution < 1.29 is 9.53 Å². The SMILES string of the molecule is Cc1cc(COc2ccccc2Br)c(C)c(C2C(C#N)=C(N)N(c3ccc(C)c(Cl)c3)C3=C2C(=O)CCC3)c1. The van der Waals surface area contributed by atoms with E-state index in [4.69, 9.17) is 22.1 Å². The lowest BCUT2D eigenvalue weighted by molar-refractivity contribution is -0.116. The van der Waals surface area contributed by atoms with E-state index in [-0.39, 0.29) is 5.78 Å². The van der Waals surface area contributed by atoms with Crippen molar-refractivity contribution in [1.29, 1.82) is 5.26 Å². The first kappa shape index (κ1) is 27.1. The number of rotatable bonds is 5. The average molecular weight is 603 g/mol. The van der Waals surface area contributed by atoms with Crippen LogP contribution in [0.1, 0.15) is 53.0 Å². The highest BCUT2D eigenvalue weighted by atomic mass is 79.9. The molecule has 0 fully saturated rings. The van der Waals surface area contributed by atoms with Gasteiger partial charge in [-0.05, 0) is 96.1 Å². The number of anilines is 1. The first-order chi connectivity index (χ1) is 18.7. The smallest absolute Gasteiger partial charge is 0.161 e. The minimum atomic E-state index is -0.544. The van der Waals surface area contributed by atoms with E-state index >= 15 is 0 Å². The summed E-state index contributed by atoms with van der Waals surface area (Å²) < 4.78 is 7.03. The molecule has 3 aromatic carbocycles. The molecule has 1 heterocycles. The van der Waals surface area contributed by atoms with E-state index < -0.39 is 5.92 Å². The monoisotopic (exact) mass is 601 g/mol. The molecule has 0 spiro atoms. The van der Waals surface area contributed by atoms with Crippen LogP contribution in [-0.2, 0) is 11.4 Å². The number of hydrogen-bond donors (Lipinski definition) is 1. The molecule has 0 saturated carbocycles. The van der Waals surface area contributed by atoms with Crippen molar-refractivity contribution in [2.75, 3.05) is 4.90 Å². The number of hydrogen-bond acceptors (Lipinski definition) is 5. The summed E-state index contributed by atoms with van der Waals surface area (Å²) in [6, 6.07) is 20.0. The predicted molar refractivity (Wildman–Crippen MR) is 159 cm³/mol. The van der Waals surface area contributed by atoms with E-state index in [0.29, 0.717) is 41.4 Å². The quantitative estimate of drug-likeness (QED) is 0.321. The van der Waals surface area contributed by atoms with Crippen LogP contribution in [0.25, 0.3) is 0 Å². The highest BCUT2D eigenvalue weighted by Crippen LogP contribution is 2.47. The molecule has 39 heavy (non-hydrogen) atoms. The molecule has 7 heteroatoms. The van der Waals surface area contributed by atoms with Crippen molar-refractivity contribution in [3.63, 3.8) is 0 Å². The van der Waals surface area contributed by atoms with Crippen LogP contribution in [0.2, 0.25) is 5.02 Å². The minimum absolute atomic E-state index is 0.0524. The summed E-state index contributed by atoms with van der Waals surface area (Å²) in [5.41, 5.74) is 14.2. The summed E-state index contributed by atoms with van der Waals surface area (Å²) >= 11 is 10.0. The van der Waals surface area contributed by atoms with E-state index in [1.165, 1.54) is 0 Å². The van der Waals surface area contributed by atoms with Crippen LogP contribution in [0.3, 0.4) is 0 Å². The number of allylic oxidation sites excluding steroid dienone is 3. The van der Waals surface area contributed by atoms with Gasteiger partial charge in [-0.1, -0.05) is 47.5 Å². The van der Waals surface area contributed by atoms with Gasteiger partial charge in [-0.25, -0.2) is 0 Å². The molecule has 1 atom stereocenters. The third kappa shape index (κ3) is 4.97. The molecular formula is C32H29BrClN3O2. The highest BCUT2D eigenvalue weighted by Gasteiger charge is 2.41. The molecule has 1 aliphatic heterocycles. The zero-order chi connectivity index (χ0) is 27.8. The number of benzene rings is 3. The highest BCUT2D eigenvalue weighted by molar-refractivity contribution is 9.10. The molecule has 2 N–H and O–H groups in total. The molecule has 0 bridgehead atoms. The van der Waals surface area contributed by atoms with Crippen molar-refractivity contribution in [2.45, 2.75) is 52.6 Å². The molecule has 1 aliphatic carbocycles. The molecule has 0 saturated heterocycles. The van der Waals surface area contributed by atoms with Crippen LogP contribution in [0.5, 0.6) is 5.75 Å². The largest absolute Gasteiger partial charge is 0.488 e. The van der Waals surface area contributed by atoms with Crippen LogP contribution < -0.4 is 15.4 Å². The molecule has 0 radical (unpaired) electrons. The van der Waals surface area contributed by atoms with Crippen LogP contribution in [-0.4, -0.2) is 5.78 Å². The Labute approximate surface area is 242 Å². The van der Waals surface area contributed by atoms with Crippen LogP contribution in [0.4, 0.5) is 5.69 Å². The number of nitrogens with two attached hydrogens (primary N) is 1. The van der Waals surface area contributed by atoms with Gasteiger partial charge in [0, 0.05) is 28.4 Å². The number of Topliss-reactive ketones (excluding diaryl/α,β-unsaturated/α-hetero) is 1. The van der Waals surface area contributed by atoms with Crippen molar-refractivity contribution in [2.24, 2.45) is 5.73 Å². The Morgan fingerprint density at radius 1 is 1.13 bits per heavy atom. The zero-order valence-corrected chi connectivity index (χ0v) is 24.5. The van der Waals surface area contributed by atoms with E-state index in [1.54, 1.807) is 0 Å². The Morgan fingerprint density at radius 2 is 1.90 bits per heavy atom. The van der Waals surface area contributed by atoms with E-state index in [1.807, 2.05) is 68.1 Å². The van der Waals surface area contributed by atoms with Gasteiger partial charge in [0.15, 0.2) is 5.78 Å². The van der Waals surface area contributed by atoms with E-state index in [9.17, 15) is 10.1 Å². The second-order valence-corrected chi connectivity index (χ2v) is 11.4. The number of nitriles is 1. The molecule has 0 aromatic heterocycles. The number of ketones is 1. The zero-order valence-electron chi connectivity index (χ0n) is 22.1. The Kier molecular flexibility index (Phi) is 7.57. The lowest BCUT2D eigenvalue weighted by Crippen LogP contribution is -2.39. The van der Waals surface area contributed by atoms with Gasteiger partial charge in [0.25, 0.3) is 0 Å². The summed E-state index contributed by atoms with van der Waals surface area (Å²) in [4.78, 5) is 15.5. The molecule has 3 aromatic rings. The number of carbonyl (C=O) groups is 1. The Hall–Kier alpha value is -3.53. The molecule has 198 valence electrons. The number of nitrogens with zero attached hydrogens (tertiary/aromatic N) is 2. The molecular weight excluding hydrogens is 574 g/mol. The van der Waals surface area contributed by atoms with Crippen molar-refractivity contribution in [1.82, 2.24) is 0 Å². The third-order valence-electron chi connectivity index (χ3n) is 7.56. The van der Waals surface area contributed by atoms with Crippen LogP contribution >= 0.6 is 27.5 Å². The van der Waals surface area contributed by atoms with Gasteiger partial charge in [0.1, 0.15) is 18.2 Å². The van der Waals surface area contributed by atoms with Crippen LogP contribution in [0, 0.1) is 32.1 Å². The normalized spacial score (nSPS) is 17.3. The van der Waals surface area contributed by atoms with Crippen molar-refractivity contribution >= 4 is 39.0 Å². The van der Waals surface area contributed by atoms with Gasteiger partial charge in [-0.3, -0.25) is 9.69 Å². The molecule has 1 unspecified atom stereocenters. The maximum Gasteiger partial charge on any atom is 0.161 e. The summed E-state index contributed by atoms with van der Waals surface area (Å²) in [5.74, 6) is 0.593. The molecule has 2 aliphatic rings. The Balaban J connectivity index is 1.65. The maximum absolute atomic E-state index is 13.6. The van der Waals surface area contributed by atoms with Gasteiger partial charge in [-0.15, -0.1) is 0 Å². The number of ether oxygens (including phenoxy) is 1. The second-order valence-electron chi connectivity index (χ2n) is 10.1. The number of carbonyl (C=O) groups excluding carboxylic acids is 1. The van der Waals surface area contributed by atoms with Gasteiger partial charge >= 0.3 is 0 Å². The standard InChI is InChI=1S/C32H29BrClN3O2/c1-18-13-21(17-39-29-10-5-4-7-25(29)33)20(3)23(14-18)30-24(16-35)32(36)37(22-12-11-19(2)26(34)15-22)27-8-6-9-28(38)31(27)30/h4-5,7,10-15,30H,6,8-9,17,36H2,1-3H3. The van der Waals surface area contributed by atoms with Crippen molar-refractivity contribution in [3.8, 4) is 11.8 Å². The summed E-state index contributed by atoms with van der Waals surface area (Å²) in [7, 11) is 0. The van der Waals surface area contributed by atoms with Gasteiger partial charge in [-0.2, -0.15) is 5.26 Å². The maximum atomic E-state index is 13.6. The average Bonchev–Trinajstić information content (AvgIpc) is 2.91. The fourth-order valence-corrected chi connectivity index (χ4v) is 6.12. The molecule has 5 nitrogen and oxygen atoms in total. The first-order valence-electron chi connectivity index (χ1n) is 12.9. The Morgan fingerprint density at radius 3 is 2.62 bits per heavy atom. The minimum Gasteiger partial charge on any atom is -0.488 e. The molecule has 0 amide bonds. The predicted octanol–water partition coefficient (Wildman–Crippen LogP) is 7.91. The van der Waals surface area contributed by atoms with Gasteiger partial charge in [0.2, 0.25) is 0 Å². The number of aryl methyl sites for hydroxylation is 2. The third-order valence-corrected chi connectivity index (χ3v) is 8.62. The van der Waals surface area contributed by atoms with E-state index in [2.05, 4.69) is 34.1 Å². The Bertz CT molecular complexity index is 1600. The van der Waals surface area contributed by atoms with Crippen molar-refractivity contribution in [3.05, 3.63) is 115 Å². The summed E-state index contributed by atoms with van der Waals surface area (Å²) in [5, 5.41) is 11.0. The van der Waals surface area contributed by atoms with Crippen LogP contribution in [0.15, 0.2) is 81.7 Å². The first-order valence-corrected chi connectivity index (χ1v) is 14.1. The van der Waals surface area contributed by atoms with Gasteiger partial charge < -0.3 is 10.5 Å². The fourth-order valence-electron chi connectivity index (χ4n) is 5.54. The molecule has 5 rings (SSSR count). The lowest BCUT2D eigenvalue weighted by Gasteiger charge is -2.40.